The van der Waals surface area contributed by atoms with Gasteiger partial charge >= 0.3 is 0 Å². The molecule has 4 heterocycles. The Balaban J connectivity index is 1.46. The van der Waals surface area contributed by atoms with E-state index in [1.165, 1.54) is 9.75 Å². The number of thiazole rings is 1. The van der Waals surface area contributed by atoms with Crippen LogP contribution in [0.25, 0.3) is 0 Å². The SMILES string of the molecule is Cc1ccc(CN2CC[C@H]3[C@H]2CC(=O)N3Cc2csc(C)n2)s1. The van der Waals surface area contributed by atoms with Gasteiger partial charge in [0.2, 0.25) is 5.91 Å². The third-order valence-electron chi connectivity index (χ3n) is 4.88. The number of hydrogen-bond acceptors (Lipinski definition) is 5. The molecule has 2 aliphatic rings. The van der Waals surface area contributed by atoms with E-state index in [0.717, 1.165) is 30.2 Å². The third kappa shape index (κ3) is 2.95. The average molecular weight is 348 g/mol. The molecule has 1 amide bonds. The van der Waals surface area contributed by atoms with Crippen molar-refractivity contribution in [1.29, 1.82) is 0 Å². The van der Waals surface area contributed by atoms with E-state index in [9.17, 15) is 4.79 Å². The maximum atomic E-state index is 12.5. The van der Waals surface area contributed by atoms with Crippen LogP contribution in [0.1, 0.15) is 33.3 Å². The van der Waals surface area contributed by atoms with E-state index in [1.54, 1.807) is 11.3 Å². The molecular weight excluding hydrogens is 326 g/mol. The zero-order valence-corrected chi connectivity index (χ0v) is 15.1. The summed E-state index contributed by atoms with van der Waals surface area (Å²) < 4.78 is 0. The quantitative estimate of drug-likeness (QED) is 0.852. The molecule has 122 valence electrons. The number of nitrogens with zero attached hydrogens (tertiary/aromatic N) is 3. The Kier molecular flexibility index (Phi) is 3.99. The summed E-state index contributed by atoms with van der Waals surface area (Å²) in [5.41, 5.74) is 1.04. The minimum atomic E-state index is 0.290. The molecule has 2 aromatic rings. The second kappa shape index (κ2) is 6.00. The van der Waals surface area contributed by atoms with Gasteiger partial charge in [0.25, 0.3) is 0 Å². The first kappa shape index (κ1) is 15.3. The summed E-state index contributed by atoms with van der Waals surface area (Å²) in [6.45, 7) is 6.92. The van der Waals surface area contributed by atoms with Crippen molar-refractivity contribution in [2.45, 2.75) is 51.9 Å². The van der Waals surface area contributed by atoms with E-state index in [0.29, 0.717) is 25.0 Å². The standard InChI is InChI=1S/C17H21N3OS2/c1-11-3-4-14(23-11)9-19-6-5-15-16(19)7-17(21)20(15)8-13-10-22-12(2)18-13/h3-4,10,15-16H,5-9H2,1-2H3/t15-,16+/m0/s1. The molecule has 0 spiro atoms. The molecule has 2 aliphatic heterocycles. The van der Waals surface area contributed by atoms with E-state index in [2.05, 4.69) is 39.2 Å². The Hall–Kier alpha value is -1.24. The van der Waals surface area contributed by atoms with Crippen molar-refractivity contribution in [1.82, 2.24) is 14.8 Å². The van der Waals surface area contributed by atoms with Crippen LogP contribution in [-0.4, -0.2) is 39.3 Å². The Morgan fingerprint density at radius 3 is 2.83 bits per heavy atom. The molecule has 2 saturated heterocycles. The van der Waals surface area contributed by atoms with Gasteiger partial charge in [-0.15, -0.1) is 22.7 Å². The first-order valence-corrected chi connectivity index (χ1v) is 9.79. The molecular formula is C17H21N3OS2. The first-order chi connectivity index (χ1) is 11.1. The summed E-state index contributed by atoms with van der Waals surface area (Å²) in [5.74, 6) is 0.290. The highest BCUT2D eigenvalue weighted by Gasteiger charge is 2.46. The zero-order valence-electron chi connectivity index (χ0n) is 13.5. The summed E-state index contributed by atoms with van der Waals surface area (Å²) in [7, 11) is 0. The highest BCUT2D eigenvalue weighted by molar-refractivity contribution is 7.11. The number of rotatable bonds is 4. The van der Waals surface area contributed by atoms with E-state index in [4.69, 9.17) is 0 Å². The molecule has 0 aliphatic carbocycles. The first-order valence-electron chi connectivity index (χ1n) is 8.10. The van der Waals surface area contributed by atoms with Gasteiger partial charge in [-0.3, -0.25) is 9.69 Å². The lowest BCUT2D eigenvalue weighted by Gasteiger charge is -2.24. The fourth-order valence-electron chi connectivity index (χ4n) is 3.84. The summed E-state index contributed by atoms with van der Waals surface area (Å²) in [6, 6.07) is 5.15. The van der Waals surface area contributed by atoms with Crippen molar-refractivity contribution < 1.29 is 4.79 Å². The highest BCUT2D eigenvalue weighted by atomic mass is 32.1. The van der Waals surface area contributed by atoms with E-state index in [1.807, 2.05) is 18.3 Å². The molecule has 0 saturated carbocycles. The Morgan fingerprint density at radius 1 is 1.26 bits per heavy atom. The number of hydrogen-bond donors (Lipinski definition) is 0. The number of likely N-dealkylation sites (tertiary alicyclic amines) is 2. The van der Waals surface area contributed by atoms with Gasteiger partial charge in [0, 0.05) is 46.7 Å². The molecule has 2 atom stereocenters. The normalized spacial score (nSPS) is 24.6. The van der Waals surface area contributed by atoms with E-state index >= 15 is 0 Å². The van der Waals surface area contributed by atoms with Gasteiger partial charge in [-0.05, 0) is 32.4 Å². The summed E-state index contributed by atoms with van der Waals surface area (Å²) in [4.78, 5) is 24.3. The molecule has 4 nitrogen and oxygen atoms in total. The maximum Gasteiger partial charge on any atom is 0.224 e. The molecule has 2 fully saturated rings. The topological polar surface area (TPSA) is 36.4 Å². The van der Waals surface area contributed by atoms with Crippen LogP contribution in [0.2, 0.25) is 0 Å². The van der Waals surface area contributed by atoms with Crippen LogP contribution < -0.4 is 0 Å². The van der Waals surface area contributed by atoms with Crippen molar-refractivity contribution in [3.05, 3.63) is 38.0 Å². The Bertz CT molecular complexity index is 723. The van der Waals surface area contributed by atoms with Crippen molar-refractivity contribution in [2.24, 2.45) is 0 Å². The van der Waals surface area contributed by atoms with E-state index in [-0.39, 0.29) is 5.91 Å². The third-order valence-corrected chi connectivity index (χ3v) is 6.69. The van der Waals surface area contributed by atoms with Gasteiger partial charge in [-0.25, -0.2) is 4.98 Å². The van der Waals surface area contributed by atoms with Crippen molar-refractivity contribution in [3.8, 4) is 0 Å². The second-order valence-corrected chi connectivity index (χ2v) is 8.92. The predicted octanol–water partition coefficient (Wildman–Crippen LogP) is 3.20. The van der Waals surface area contributed by atoms with Gasteiger partial charge in [-0.2, -0.15) is 0 Å². The molecule has 4 rings (SSSR count). The number of amides is 1. The minimum absolute atomic E-state index is 0.290. The van der Waals surface area contributed by atoms with Crippen LogP contribution >= 0.6 is 22.7 Å². The Morgan fingerprint density at radius 2 is 2.13 bits per heavy atom. The monoisotopic (exact) mass is 347 g/mol. The van der Waals surface area contributed by atoms with Crippen molar-refractivity contribution in [2.75, 3.05) is 6.54 Å². The average Bonchev–Trinajstić information content (AvgIpc) is 3.24. The van der Waals surface area contributed by atoms with Gasteiger partial charge in [0.15, 0.2) is 0 Å². The van der Waals surface area contributed by atoms with Crippen molar-refractivity contribution >= 4 is 28.6 Å². The number of carbonyl (C=O) groups is 1. The number of aryl methyl sites for hydroxylation is 2. The van der Waals surface area contributed by atoms with Crippen LogP contribution in [0.3, 0.4) is 0 Å². The van der Waals surface area contributed by atoms with E-state index < -0.39 is 0 Å². The summed E-state index contributed by atoms with van der Waals surface area (Å²) >= 11 is 3.53. The fraction of sp³-hybridized carbons (Fsp3) is 0.529. The number of fused-ring (bicyclic) bond motifs is 1. The van der Waals surface area contributed by atoms with Gasteiger partial charge in [-0.1, -0.05) is 0 Å². The molecule has 6 heteroatoms. The molecule has 0 unspecified atom stereocenters. The van der Waals surface area contributed by atoms with Crippen LogP contribution in [0.5, 0.6) is 0 Å². The molecule has 23 heavy (non-hydrogen) atoms. The summed E-state index contributed by atoms with van der Waals surface area (Å²) in [5, 5.41) is 3.15. The van der Waals surface area contributed by atoms with Crippen LogP contribution in [0, 0.1) is 13.8 Å². The van der Waals surface area contributed by atoms with Gasteiger partial charge in [0.1, 0.15) is 0 Å². The lowest BCUT2D eigenvalue weighted by molar-refractivity contribution is -0.129. The largest absolute Gasteiger partial charge is 0.332 e. The van der Waals surface area contributed by atoms with Gasteiger partial charge in [0.05, 0.1) is 17.2 Å². The van der Waals surface area contributed by atoms with Gasteiger partial charge < -0.3 is 4.90 Å². The molecule has 0 N–H and O–H groups in total. The van der Waals surface area contributed by atoms with Crippen LogP contribution in [0.15, 0.2) is 17.5 Å². The highest BCUT2D eigenvalue weighted by Crippen LogP contribution is 2.35. The fourth-order valence-corrected chi connectivity index (χ4v) is 5.36. The second-order valence-electron chi connectivity index (χ2n) is 6.49. The Labute approximate surface area is 144 Å². The van der Waals surface area contributed by atoms with Crippen LogP contribution in [0.4, 0.5) is 0 Å². The number of carbonyl (C=O) groups excluding carboxylic acids is 1. The minimum Gasteiger partial charge on any atom is -0.332 e. The smallest absolute Gasteiger partial charge is 0.224 e. The zero-order chi connectivity index (χ0) is 16.0. The van der Waals surface area contributed by atoms with Crippen molar-refractivity contribution in [3.63, 3.8) is 0 Å². The maximum absolute atomic E-state index is 12.5. The summed E-state index contributed by atoms with van der Waals surface area (Å²) in [6.07, 6.45) is 1.75. The van der Waals surface area contributed by atoms with Crippen LogP contribution in [-0.2, 0) is 17.9 Å². The molecule has 2 aromatic heterocycles. The lowest BCUT2D eigenvalue weighted by atomic mass is 10.1. The predicted molar refractivity (Wildman–Crippen MR) is 93.7 cm³/mol. The molecule has 0 radical (unpaired) electrons. The molecule has 0 aromatic carbocycles. The lowest BCUT2D eigenvalue weighted by Crippen LogP contribution is -2.36. The number of aromatic nitrogens is 1. The number of thiophene rings is 1. The molecule has 0 bridgehead atoms.